The van der Waals surface area contributed by atoms with Crippen molar-refractivity contribution in [2.24, 2.45) is 5.73 Å². The van der Waals surface area contributed by atoms with Gasteiger partial charge in [0, 0.05) is 36.7 Å². The van der Waals surface area contributed by atoms with Gasteiger partial charge < -0.3 is 10.6 Å². The van der Waals surface area contributed by atoms with Crippen LogP contribution in [-0.4, -0.2) is 39.7 Å². The first-order chi connectivity index (χ1) is 11.1. The number of hydrogen-bond donors (Lipinski definition) is 1. The van der Waals surface area contributed by atoms with E-state index in [9.17, 15) is 9.59 Å². The lowest BCUT2D eigenvalue weighted by molar-refractivity contribution is 0.174. The number of nitrogens with zero attached hydrogens (tertiary/aromatic N) is 3. The van der Waals surface area contributed by atoms with Crippen molar-refractivity contribution in [2.45, 2.75) is 37.9 Å². The Labute approximate surface area is 134 Å². The summed E-state index contributed by atoms with van der Waals surface area (Å²) in [6.07, 6.45) is 2.85. The van der Waals surface area contributed by atoms with E-state index < -0.39 is 0 Å². The molecule has 2 aromatic heterocycles. The van der Waals surface area contributed by atoms with Gasteiger partial charge in [-0.2, -0.15) is 0 Å². The predicted octanol–water partition coefficient (Wildman–Crippen LogP) is 0.531. The highest BCUT2D eigenvalue weighted by Crippen LogP contribution is 2.24. The molecule has 6 nitrogen and oxygen atoms in total. The fraction of sp³-hybridized carbons (Fsp3) is 0.529. The normalized spacial score (nSPS) is 22.6. The van der Waals surface area contributed by atoms with Crippen LogP contribution in [-0.2, 0) is 6.54 Å². The molecule has 1 unspecified atom stereocenters. The number of likely N-dealkylation sites (tertiary alicyclic amines) is 1. The van der Waals surface area contributed by atoms with Crippen LogP contribution in [0.25, 0.3) is 11.0 Å². The molecule has 0 aliphatic carbocycles. The van der Waals surface area contributed by atoms with Gasteiger partial charge >= 0.3 is 0 Å². The molecule has 2 aliphatic heterocycles. The third-order valence-electron chi connectivity index (χ3n) is 5.21. The Bertz CT molecular complexity index is 841. The average molecular weight is 314 g/mol. The Hall–Kier alpha value is -1.92. The van der Waals surface area contributed by atoms with Crippen molar-refractivity contribution in [1.29, 1.82) is 0 Å². The maximum Gasteiger partial charge on any atom is 0.252 e. The third-order valence-corrected chi connectivity index (χ3v) is 5.21. The summed E-state index contributed by atoms with van der Waals surface area (Å²) in [5.74, 6) is 0. The van der Waals surface area contributed by atoms with Crippen LogP contribution >= 0.6 is 0 Å². The van der Waals surface area contributed by atoms with E-state index in [2.05, 4.69) is 4.90 Å². The molecule has 4 heterocycles. The largest absolute Gasteiger partial charge is 0.328 e. The van der Waals surface area contributed by atoms with Gasteiger partial charge in [-0.05, 0) is 44.5 Å². The number of piperidine rings is 1. The monoisotopic (exact) mass is 314 g/mol. The van der Waals surface area contributed by atoms with E-state index in [0.717, 1.165) is 49.9 Å². The van der Waals surface area contributed by atoms with Gasteiger partial charge in [0.2, 0.25) is 0 Å². The average Bonchev–Trinajstić information content (AvgIpc) is 2.56. The van der Waals surface area contributed by atoms with Gasteiger partial charge in [0.1, 0.15) is 5.65 Å². The summed E-state index contributed by atoms with van der Waals surface area (Å²) in [4.78, 5) is 27.0. The Morgan fingerprint density at radius 1 is 0.957 bits per heavy atom. The quantitative estimate of drug-likeness (QED) is 0.878. The lowest BCUT2D eigenvalue weighted by Gasteiger charge is -2.36. The summed E-state index contributed by atoms with van der Waals surface area (Å²) in [7, 11) is 0. The van der Waals surface area contributed by atoms with Crippen molar-refractivity contribution < 1.29 is 0 Å². The molecular formula is C17H22N4O2. The Balaban J connectivity index is 1.74. The van der Waals surface area contributed by atoms with E-state index in [1.54, 1.807) is 16.7 Å². The number of aromatic nitrogens is 2. The van der Waals surface area contributed by atoms with Crippen LogP contribution in [0.2, 0.25) is 0 Å². The summed E-state index contributed by atoms with van der Waals surface area (Å²) in [6, 6.07) is 7.26. The fourth-order valence-corrected chi connectivity index (χ4v) is 3.91. The van der Waals surface area contributed by atoms with Crippen LogP contribution < -0.4 is 16.9 Å². The smallest absolute Gasteiger partial charge is 0.252 e. The minimum absolute atomic E-state index is 0.0183. The SMILES string of the molecule is NC1CCN(CC2CCn3c(=O)ccc4ccc(=O)n2c43)CC1. The fourth-order valence-electron chi connectivity index (χ4n) is 3.91. The first-order valence-corrected chi connectivity index (χ1v) is 8.36. The van der Waals surface area contributed by atoms with Gasteiger partial charge in [-0.15, -0.1) is 0 Å². The second-order valence-corrected chi connectivity index (χ2v) is 6.72. The standard InChI is InChI=1S/C17H22N4O2/c18-13-5-8-19(9-6-13)11-14-7-10-20-15(22)3-1-12-2-4-16(23)21(14)17(12)20/h1-4,13-14H,5-11,18H2. The molecular weight excluding hydrogens is 292 g/mol. The van der Waals surface area contributed by atoms with E-state index in [-0.39, 0.29) is 17.2 Å². The van der Waals surface area contributed by atoms with Gasteiger partial charge in [0.15, 0.2) is 0 Å². The van der Waals surface area contributed by atoms with Gasteiger partial charge in [0.05, 0.1) is 6.04 Å². The molecule has 23 heavy (non-hydrogen) atoms. The van der Waals surface area contributed by atoms with Crippen molar-refractivity contribution in [3.05, 3.63) is 45.0 Å². The summed E-state index contributed by atoms with van der Waals surface area (Å²) in [5.41, 5.74) is 6.70. The minimum atomic E-state index is -0.0285. The molecule has 0 saturated carbocycles. The van der Waals surface area contributed by atoms with E-state index in [1.165, 1.54) is 0 Å². The van der Waals surface area contributed by atoms with E-state index in [4.69, 9.17) is 5.73 Å². The third kappa shape index (κ3) is 2.52. The molecule has 0 amide bonds. The topological polar surface area (TPSA) is 73.3 Å². The van der Waals surface area contributed by atoms with Crippen molar-refractivity contribution in [1.82, 2.24) is 14.0 Å². The van der Waals surface area contributed by atoms with E-state index in [1.807, 2.05) is 16.7 Å². The summed E-state index contributed by atoms with van der Waals surface area (Å²) >= 11 is 0. The molecule has 1 fully saturated rings. The highest BCUT2D eigenvalue weighted by molar-refractivity contribution is 5.75. The summed E-state index contributed by atoms with van der Waals surface area (Å²) in [5, 5.41) is 0.953. The molecule has 2 aromatic rings. The second-order valence-electron chi connectivity index (χ2n) is 6.72. The number of nitrogens with two attached hydrogens (primary N) is 1. The van der Waals surface area contributed by atoms with Crippen LogP contribution in [0.15, 0.2) is 33.9 Å². The first-order valence-electron chi connectivity index (χ1n) is 8.36. The molecule has 0 radical (unpaired) electrons. The molecule has 6 heteroatoms. The van der Waals surface area contributed by atoms with Crippen molar-refractivity contribution in [3.8, 4) is 0 Å². The van der Waals surface area contributed by atoms with Crippen molar-refractivity contribution >= 4 is 11.0 Å². The Kier molecular flexibility index (Phi) is 3.58. The van der Waals surface area contributed by atoms with Gasteiger partial charge in [-0.25, -0.2) is 0 Å². The molecule has 0 bridgehead atoms. The Morgan fingerprint density at radius 3 is 2.39 bits per heavy atom. The highest BCUT2D eigenvalue weighted by Gasteiger charge is 2.26. The van der Waals surface area contributed by atoms with Crippen molar-refractivity contribution in [3.63, 3.8) is 0 Å². The summed E-state index contributed by atoms with van der Waals surface area (Å²) < 4.78 is 3.56. The number of hydrogen-bond acceptors (Lipinski definition) is 4. The van der Waals surface area contributed by atoms with Gasteiger partial charge in [-0.3, -0.25) is 18.7 Å². The number of pyridine rings is 2. The van der Waals surface area contributed by atoms with Crippen LogP contribution in [0.1, 0.15) is 25.3 Å². The maximum atomic E-state index is 12.5. The molecule has 0 aromatic carbocycles. The predicted molar refractivity (Wildman–Crippen MR) is 89.8 cm³/mol. The zero-order valence-electron chi connectivity index (χ0n) is 13.1. The molecule has 122 valence electrons. The van der Waals surface area contributed by atoms with Crippen LogP contribution in [0.4, 0.5) is 0 Å². The molecule has 2 N–H and O–H groups in total. The number of aryl methyl sites for hydroxylation is 1. The zero-order chi connectivity index (χ0) is 16.0. The second kappa shape index (κ2) is 5.62. The van der Waals surface area contributed by atoms with Crippen LogP contribution in [0, 0.1) is 0 Å². The number of rotatable bonds is 2. The van der Waals surface area contributed by atoms with Gasteiger partial charge in [-0.1, -0.05) is 0 Å². The molecule has 0 spiro atoms. The lowest BCUT2D eigenvalue weighted by Crippen LogP contribution is -2.45. The van der Waals surface area contributed by atoms with Crippen LogP contribution in [0.3, 0.4) is 0 Å². The molecule has 1 atom stereocenters. The maximum absolute atomic E-state index is 12.5. The zero-order valence-corrected chi connectivity index (χ0v) is 13.1. The van der Waals surface area contributed by atoms with E-state index >= 15 is 0 Å². The molecule has 2 aliphatic rings. The Morgan fingerprint density at radius 2 is 1.65 bits per heavy atom. The lowest BCUT2D eigenvalue weighted by atomic mass is 10.0. The highest BCUT2D eigenvalue weighted by atomic mass is 16.1. The molecule has 1 saturated heterocycles. The summed E-state index contributed by atoms with van der Waals surface area (Å²) in [6.45, 7) is 3.51. The minimum Gasteiger partial charge on any atom is -0.328 e. The first kappa shape index (κ1) is 14.7. The van der Waals surface area contributed by atoms with Crippen LogP contribution in [0.5, 0.6) is 0 Å². The van der Waals surface area contributed by atoms with E-state index in [0.29, 0.717) is 12.6 Å². The van der Waals surface area contributed by atoms with Gasteiger partial charge in [0.25, 0.3) is 11.1 Å². The molecule has 4 rings (SSSR count). The van der Waals surface area contributed by atoms with Crippen molar-refractivity contribution in [2.75, 3.05) is 19.6 Å².